The van der Waals surface area contributed by atoms with E-state index in [1.54, 1.807) is 40.1 Å². The first-order chi connectivity index (χ1) is 10.6. The first kappa shape index (κ1) is 18.7. The SMILES string of the molecule is COc1cc(N(C)C(=O)OC(C)(C)C)c(CCCC(=O)O)cn1. The molecule has 1 aromatic heterocycles. The Morgan fingerprint density at radius 1 is 1.35 bits per heavy atom. The van der Waals surface area contributed by atoms with Crippen LogP contribution in [0.5, 0.6) is 5.88 Å². The molecule has 0 aromatic carbocycles. The van der Waals surface area contributed by atoms with Crippen molar-refractivity contribution in [2.24, 2.45) is 0 Å². The van der Waals surface area contributed by atoms with E-state index in [0.29, 0.717) is 24.4 Å². The van der Waals surface area contributed by atoms with Gasteiger partial charge in [-0.05, 0) is 39.2 Å². The number of ether oxygens (including phenoxy) is 2. The van der Waals surface area contributed by atoms with Gasteiger partial charge in [-0.3, -0.25) is 9.69 Å². The van der Waals surface area contributed by atoms with E-state index in [1.807, 2.05) is 0 Å². The van der Waals surface area contributed by atoms with Gasteiger partial charge in [-0.25, -0.2) is 9.78 Å². The highest BCUT2D eigenvalue weighted by Crippen LogP contribution is 2.26. The Bertz CT molecular complexity index is 566. The van der Waals surface area contributed by atoms with Gasteiger partial charge in [0.05, 0.1) is 12.8 Å². The van der Waals surface area contributed by atoms with Crippen molar-refractivity contribution in [2.75, 3.05) is 19.1 Å². The number of aryl methyl sites for hydroxylation is 1. The van der Waals surface area contributed by atoms with Gasteiger partial charge in [0.1, 0.15) is 5.60 Å². The lowest BCUT2D eigenvalue weighted by Gasteiger charge is -2.26. The van der Waals surface area contributed by atoms with E-state index in [4.69, 9.17) is 14.6 Å². The third kappa shape index (κ3) is 6.14. The number of rotatable bonds is 6. The first-order valence-electron chi connectivity index (χ1n) is 7.35. The number of hydrogen-bond donors (Lipinski definition) is 1. The molecule has 0 fully saturated rings. The maximum Gasteiger partial charge on any atom is 0.414 e. The molecule has 0 saturated heterocycles. The van der Waals surface area contributed by atoms with E-state index < -0.39 is 17.7 Å². The van der Waals surface area contributed by atoms with Gasteiger partial charge in [0.2, 0.25) is 5.88 Å². The molecule has 0 aliphatic heterocycles. The molecule has 1 N–H and O–H groups in total. The molecule has 0 bridgehead atoms. The fraction of sp³-hybridized carbons (Fsp3) is 0.562. The Morgan fingerprint density at radius 3 is 2.52 bits per heavy atom. The maximum absolute atomic E-state index is 12.2. The molecule has 0 atom stereocenters. The van der Waals surface area contributed by atoms with Crippen LogP contribution in [0.25, 0.3) is 0 Å². The van der Waals surface area contributed by atoms with Crippen molar-refractivity contribution in [3.05, 3.63) is 17.8 Å². The number of carboxylic acids is 1. The second-order valence-corrected chi connectivity index (χ2v) is 6.14. The zero-order valence-electron chi connectivity index (χ0n) is 14.3. The molecule has 0 radical (unpaired) electrons. The quantitative estimate of drug-likeness (QED) is 0.865. The van der Waals surface area contributed by atoms with Crippen LogP contribution in [-0.2, 0) is 16.0 Å². The maximum atomic E-state index is 12.2. The lowest BCUT2D eigenvalue weighted by molar-refractivity contribution is -0.137. The molecular formula is C16H24N2O5. The fourth-order valence-electron chi connectivity index (χ4n) is 1.93. The molecule has 0 saturated carbocycles. The van der Waals surface area contributed by atoms with Crippen molar-refractivity contribution < 1.29 is 24.2 Å². The predicted octanol–water partition coefficient (Wildman–Crippen LogP) is 2.87. The molecule has 7 heteroatoms. The van der Waals surface area contributed by atoms with Gasteiger partial charge in [0.15, 0.2) is 0 Å². The summed E-state index contributed by atoms with van der Waals surface area (Å²) >= 11 is 0. The minimum absolute atomic E-state index is 0.0572. The number of methoxy groups -OCH3 is 1. The van der Waals surface area contributed by atoms with Crippen molar-refractivity contribution in [3.8, 4) is 5.88 Å². The van der Waals surface area contributed by atoms with Crippen LogP contribution in [0.15, 0.2) is 12.3 Å². The van der Waals surface area contributed by atoms with Crippen LogP contribution in [0.3, 0.4) is 0 Å². The van der Waals surface area contributed by atoms with Gasteiger partial charge in [-0.2, -0.15) is 0 Å². The molecule has 7 nitrogen and oxygen atoms in total. The van der Waals surface area contributed by atoms with E-state index >= 15 is 0 Å². The summed E-state index contributed by atoms with van der Waals surface area (Å²) in [6, 6.07) is 1.64. The highest BCUT2D eigenvalue weighted by atomic mass is 16.6. The summed E-state index contributed by atoms with van der Waals surface area (Å²) in [5, 5.41) is 8.75. The molecule has 0 aliphatic carbocycles. The van der Waals surface area contributed by atoms with Gasteiger partial charge in [-0.1, -0.05) is 0 Å². The lowest BCUT2D eigenvalue weighted by atomic mass is 10.1. The van der Waals surface area contributed by atoms with Crippen molar-refractivity contribution in [1.29, 1.82) is 0 Å². The fourth-order valence-corrected chi connectivity index (χ4v) is 1.93. The monoisotopic (exact) mass is 324 g/mol. The molecule has 23 heavy (non-hydrogen) atoms. The summed E-state index contributed by atoms with van der Waals surface area (Å²) in [6.45, 7) is 5.37. The Kier molecular flexibility index (Phi) is 6.36. The van der Waals surface area contributed by atoms with Crippen molar-refractivity contribution in [1.82, 2.24) is 4.98 Å². The van der Waals surface area contributed by atoms with E-state index in [-0.39, 0.29) is 6.42 Å². The molecule has 1 rings (SSSR count). The number of carboxylic acid groups (broad SMARTS) is 1. The average Bonchev–Trinajstić information content (AvgIpc) is 2.44. The molecule has 0 aliphatic rings. The molecule has 0 unspecified atom stereocenters. The topological polar surface area (TPSA) is 89.0 Å². The number of amides is 1. The summed E-state index contributed by atoms with van der Waals surface area (Å²) < 4.78 is 10.5. The Balaban J connectivity index is 3.00. The van der Waals surface area contributed by atoms with Crippen LogP contribution in [0.2, 0.25) is 0 Å². The van der Waals surface area contributed by atoms with Crippen LogP contribution >= 0.6 is 0 Å². The van der Waals surface area contributed by atoms with Crippen LogP contribution in [0, 0.1) is 0 Å². The molecule has 128 valence electrons. The van der Waals surface area contributed by atoms with Crippen LogP contribution in [-0.4, -0.2) is 41.9 Å². The summed E-state index contributed by atoms with van der Waals surface area (Å²) in [5.41, 5.74) is 0.753. The van der Waals surface area contributed by atoms with E-state index in [0.717, 1.165) is 5.56 Å². The molecule has 1 amide bonds. The highest BCUT2D eigenvalue weighted by Gasteiger charge is 2.22. The first-order valence-corrected chi connectivity index (χ1v) is 7.35. The molecule has 1 heterocycles. The zero-order chi connectivity index (χ0) is 17.6. The third-order valence-electron chi connectivity index (χ3n) is 3.01. The predicted molar refractivity (Wildman–Crippen MR) is 86.0 cm³/mol. The van der Waals surface area contributed by atoms with Gasteiger partial charge >= 0.3 is 12.1 Å². The number of hydrogen-bond acceptors (Lipinski definition) is 5. The van der Waals surface area contributed by atoms with Gasteiger partial charge < -0.3 is 14.6 Å². The standard InChI is InChI=1S/C16H24N2O5/c1-16(2,3)23-15(21)18(4)12-9-13(22-5)17-10-11(12)7-6-8-14(19)20/h9-10H,6-8H2,1-5H3,(H,19,20). The second kappa shape index (κ2) is 7.80. The van der Waals surface area contributed by atoms with Crippen LogP contribution in [0.1, 0.15) is 39.2 Å². The minimum atomic E-state index is -0.853. The number of carbonyl (C=O) groups excluding carboxylic acids is 1. The lowest BCUT2D eigenvalue weighted by Crippen LogP contribution is -2.34. The summed E-state index contributed by atoms with van der Waals surface area (Å²) in [7, 11) is 3.09. The largest absolute Gasteiger partial charge is 0.481 e. The van der Waals surface area contributed by atoms with Crippen molar-refractivity contribution >= 4 is 17.7 Å². The summed E-state index contributed by atoms with van der Waals surface area (Å²) in [5.74, 6) is -0.481. The van der Waals surface area contributed by atoms with Gasteiger partial charge in [0, 0.05) is 25.7 Å². The summed E-state index contributed by atoms with van der Waals surface area (Å²) in [6.07, 6.45) is 2.10. The minimum Gasteiger partial charge on any atom is -0.481 e. The van der Waals surface area contributed by atoms with Crippen molar-refractivity contribution in [2.45, 2.75) is 45.6 Å². The number of nitrogens with zero attached hydrogens (tertiary/aromatic N) is 2. The zero-order valence-corrected chi connectivity index (χ0v) is 14.3. The number of aromatic nitrogens is 1. The van der Waals surface area contributed by atoms with Crippen LogP contribution in [0.4, 0.5) is 10.5 Å². The Labute approximate surface area is 136 Å². The third-order valence-corrected chi connectivity index (χ3v) is 3.01. The highest BCUT2D eigenvalue weighted by molar-refractivity contribution is 5.88. The Morgan fingerprint density at radius 2 is 2.00 bits per heavy atom. The van der Waals surface area contributed by atoms with Crippen LogP contribution < -0.4 is 9.64 Å². The average molecular weight is 324 g/mol. The number of anilines is 1. The number of pyridine rings is 1. The van der Waals surface area contributed by atoms with E-state index in [9.17, 15) is 9.59 Å². The molecular weight excluding hydrogens is 300 g/mol. The normalized spacial score (nSPS) is 11.0. The van der Waals surface area contributed by atoms with Gasteiger partial charge in [-0.15, -0.1) is 0 Å². The molecule has 0 spiro atoms. The summed E-state index contributed by atoms with van der Waals surface area (Å²) in [4.78, 5) is 28.4. The number of carbonyl (C=O) groups is 2. The van der Waals surface area contributed by atoms with Gasteiger partial charge in [0.25, 0.3) is 0 Å². The molecule has 1 aromatic rings. The van der Waals surface area contributed by atoms with Crippen molar-refractivity contribution in [3.63, 3.8) is 0 Å². The van der Waals surface area contributed by atoms with E-state index in [2.05, 4.69) is 4.98 Å². The second-order valence-electron chi connectivity index (χ2n) is 6.14. The Hall–Kier alpha value is -2.31. The van der Waals surface area contributed by atoms with E-state index in [1.165, 1.54) is 12.0 Å². The smallest absolute Gasteiger partial charge is 0.414 e. The number of aliphatic carboxylic acids is 1.